The van der Waals surface area contributed by atoms with Gasteiger partial charge in [0.25, 0.3) is 0 Å². The largest absolute Gasteiger partial charge is 0.370 e. The molecule has 4 rings (SSSR count). The number of unbranched alkanes of at least 4 members (excludes halogenated alkanes) is 3. The number of hydrogen-bond acceptors (Lipinski definition) is 5. The fourth-order valence-electron chi connectivity index (χ4n) is 3.83. The van der Waals surface area contributed by atoms with Crippen LogP contribution in [0, 0.1) is 0 Å². The van der Waals surface area contributed by atoms with Crippen molar-refractivity contribution in [2.24, 2.45) is 5.73 Å². The number of fused-ring (bicyclic) bond motifs is 1. The number of rotatable bonds is 11. The number of nitrogens with two attached hydrogens (primary N) is 1. The van der Waals surface area contributed by atoms with Gasteiger partial charge in [-0.2, -0.15) is 9.61 Å². The first-order valence-electron chi connectivity index (χ1n) is 11.0. The third-order valence-corrected chi connectivity index (χ3v) is 5.80. The lowest BCUT2D eigenvalue weighted by Crippen LogP contribution is -2.12. The Morgan fingerprint density at radius 3 is 2.62 bits per heavy atom. The molecule has 4 N–H and O–H groups in total. The van der Waals surface area contributed by atoms with Crippen molar-refractivity contribution in [1.82, 2.24) is 14.6 Å². The van der Waals surface area contributed by atoms with E-state index in [0.29, 0.717) is 5.92 Å². The van der Waals surface area contributed by atoms with Crippen molar-refractivity contribution in [3.8, 4) is 0 Å². The predicted octanol–water partition coefficient (Wildman–Crippen LogP) is 4.54. The smallest absolute Gasteiger partial charge is 0.163 e. The second-order valence-corrected chi connectivity index (χ2v) is 7.96. The lowest BCUT2D eigenvalue weighted by atomic mass is 9.81. The molecule has 6 heteroatoms. The Morgan fingerprint density at radius 2 is 1.86 bits per heavy atom. The number of anilines is 2. The van der Waals surface area contributed by atoms with Gasteiger partial charge < -0.3 is 16.4 Å². The van der Waals surface area contributed by atoms with Crippen molar-refractivity contribution in [2.75, 3.05) is 23.7 Å². The van der Waals surface area contributed by atoms with E-state index in [1.807, 2.05) is 16.8 Å². The van der Waals surface area contributed by atoms with Crippen LogP contribution in [0.5, 0.6) is 0 Å². The van der Waals surface area contributed by atoms with Crippen molar-refractivity contribution >= 4 is 17.3 Å². The van der Waals surface area contributed by atoms with Crippen LogP contribution < -0.4 is 16.4 Å². The summed E-state index contributed by atoms with van der Waals surface area (Å²) in [4.78, 5) is 4.92. The summed E-state index contributed by atoms with van der Waals surface area (Å²) in [6, 6.07) is 12.5. The summed E-state index contributed by atoms with van der Waals surface area (Å²) in [5.74, 6) is 2.51. The molecule has 6 nitrogen and oxygen atoms in total. The molecule has 0 radical (unpaired) electrons. The summed E-state index contributed by atoms with van der Waals surface area (Å²) in [6.45, 7) is 2.48. The Kier molecular flexibility index (Phi) is 6.62. The Balaban J connectivity index is 1.51. The molecule has 0 aliphatic heterocycles. The van der Waals surface area contributed by atoms with Gasteiger partial charge in [0.1, 0.15) is 11.6 Å². The van der Waals surface area contributed by atoms with E-state index < -0.39 is 0 Å². The molecular formula is C23H32N6. The molecule has 1 aliphatic rings. The summed E-state index contributed by atoms with van der Waals surface area (Å²) in [6.07, 6.45) is 10.4. The second-order valence-electron chi connectivity index (χ2n) is 7.96. The number of benzene rings is 1. The zero-order chi connectivity index (χ0) is 19.9. The van der Waals surface area contributed by atoms with Gasteiger partial charge in [-0.3, -0.25) is 0 Å². The minimum atomic E-state index is 0.605. The highest BCUT2D eigenvalue weighted by molar-refractivity contribution is 5.61. The molecule has 2 aromatic heterocycles. The van der Waals surface area contributed by atoms with Gasteiger partial charge in [-0.05, 0) is 43.7 Å². The molecule has 2 heterocycles. The van der Waals surface area contributed by atoms with Crippen LogP contribution in [-0.2, 0) is 6.54 Å². The summed E-state index contributed by atoms with van der Waals surface area (Å²) in [7, 11) is 0. The molecule has 1 aliphatic carbocycles. The quantitative estimate of drug-likeness (QED) is 0.418. The number of nitrogens with one attached hydrogen (secondary N) is 2. The van der Waals surface area contributed by atoms with Gasteiger partial charge in [0, 0.05) is 24.7 Å². The molecule has 0 saturated heterocycles. The van der Waals surface area contributed by atoms with E-state index in [0.717, 1.165) is 49.8 Å². The van der Waals surface area contributed by atoms with Crippen molar-refractivity contribution in [3.05, 3.63) is 53.7 Å². The van der Waals surface area contributed by atoms with E-state index in [9.17, 15) is 0 Å². The lowest BCUT2D eigenvalue weighted by Gasteiger charge is -2.24. The molecule has 3 aromatic rings. The van der Waals surface area contributed by atoms with E-state index in [1.54, 1.807) is 0 Å². The molecule has 0 unspecified atom stereocenters. The minimum absolute atomic E-state index is 0.605. The van der Waals surface area contributed by atoms with Crippen LogP contribution in [0.25, 0.3) is 5.65 Å². The Hall–Kier alpha value is -2.60. The highest BCUT2D eigenvalue weighted by Gasteiger charge is 2.24. The minimum Gasteiger partial charge on any atom is -0.370 e. The molecular weight excluding hydrogens is 360 g/mol. The normalized spacial score (nSPS) is 14.1. The van der Waals surface area contributed by atoms with Crippen LogP contribution in [0.15, 0.2) is 42.6 Å². The van der Waals surface area contributed by atoms with E-state index in [-0.39, 0.29) is 0 Å². The van der Waals surface area contributed by atoms with Gasteiger partial charge >= 0.3 is 0 Å². The Labute approximate surface area is 172 Å². The lowest BCUT2D eigenvalue weighted by molar-refractivity contribution is 0.421. The van der Waals surface area contributed by atoms with Crippen LogP contribution >= 0.6 is 0 Å². The first-order valence-corrected chi connectivity index (χ1v) is 11.0. The summed E-state index contributed by atoms with van der Waals surface area (Å²) in [5.41, 5.74) is 9.09. The average molecular weight is 393 g/mol. The van der Waals surface area contributed by atoms with E-state index >= 15 is 0 Å². The Bertz CT molecular complexity index is 900. The van der Waals surface area contributed by atoms with Crippen LogP contribution in [0.4, 0.5) is 11.6 Å². The number of nitrogens with zero attached hydrogens (tertiary/aromatic N) is 3. The highest BCUT2D eigenvalue weighted by Crippen LogP contribution is 2.38. The zero-order valence-electron chi connectivity index (χ0n) is 17.1. The summed E-state index contributed by atoms with van der Waals surface area (Å²) < 4.78 is 1.96. The zero-order valence-corrected chi connectivity index (χ0v) is 17.1. The molecule has 1 aromatic carbocycles. The first kappa shape index (κ1) is 19.7. The molecule has 0 bridgehead atoms. The maximum atomic E-state index is 5.58. The van der Waals surface area contributed by atoms with Crippen molar-refractivity contribution in [3.63, 3.8) is 0 Å². The van der Waals surface area contributed by atoms with Gasteiger partial charge in [-0.15, -0.1) is 0 Å². The highest BCUT2D eigenvalue weighted by atomic mass is 15.3. The predicted molar refractivity (Wildman–Crippen MR) is 119 cm³/mol. The fraction of sp³-hybridized carbons (Fsp3) is 0.478. The topological polar surface area (TPSA) is 80.3 Å². The van der Waals surface area contributed by atoms with Gasteiger partial charge in [0.05, 0.1) is 6.20 Å². The standard InChI is InChI=1S/C23H32N6/c24-13-6-1-2-7-14-25-21-15-22(26-16-18-9-4-3-5-10-18)29-23(28-21)20(17-27-29)19-11-8-12-19/h3-5,9-10,15,17,19,26H,1-2,6-8,11-14,16,24H2,(H,25,28). The van der Waals surface area contributed by atoms with Crippen LogP contribution in [0.1, 0.15) is 62.0 Å². The van der Waals surface area contributed by atoms with E-state index in [4.69, 9.17) is 10.7 Å². The van der Waals surface area contributed by atoms with Crippen molar-refractivity contribution in [2.45, 2.75) is 57.4 Å². The van der Waals surface area contributed by atoms with E-state index in [1.165, 1.54) is 43.2 Å². The van der Waals surface area contributed by atoms with E-state index in [2.05, 4.69) is 46.1 Å². The summed E-state index contributed by atoms with van der Waals surface area (Å²) >= 11 is 0. The molecule has 1 fully saturated rings. The Morgan fingerprint density at radius 1 is 1.03 bits per heavy atom. The number of aromatic nitrogens is 3. The molecule has 0 amide bonds. The van der Waals surface area contributed by atoms with Gasteiger partial charge in [0.2, 0.25) is 0 Å². The SMILES string of the molecule is NCCCCCCNc1cc(NCc2ccccc2)n2ncc(C3CCC3)c2n1. The van der Waals surface area contributed by atoms with Crippen molar-refractivity contribution < 1.29 is 0 Å². The van der Waals surface area contributed by atoms with Crippen LogP contribution in [0.3, 0.4) is 0 Å². The van der Waals surface area contributed by atoms with Gasteiger partial charge in [0.15, 0.2) is 5.65 Å². The summed E-state index contributed by atoms with van der Waals surface area (Å²) in [5, 5.41) is 11.7. The fourth-order valence-corrected chi connectivity index (χ4v) is 3.83. The van der Waals surface area contributed by atoms with Crippen LogP contribution in [0.2, 0.25) is 0 Å². The molecule has 1 saturated carbocycles. The second kappa shape index (κ2) is 9.74. The molecule has 0 atom stereocenters. The monoisotopic (exact) mass is 392 g/mol. The number of hydrogen-bond donors (Lipinski definition) is 3. The third-order valence-electron chi connectivity index (χ3n) is 5.80. The molecule has 154 valence electrons. The third kappa shape index (κ3) is 4.88. The average Bonchev–Trinajstić information content (AvgIpc) is 3.12. The van der Waals surface area contributed by atoms with Gasteiger partial charge in [-0.1, -0.05) is 49.6 Å². The molecule has 0 spiro atoms. The molecule has 29 heavy (non-hydrogen) atoms. The van der Waals surface area contributed by atoms with Crippen molar-refractivity contribution in [1.29, 1.82) is 0 Å². The maximum Gasteiger partial charge on any atom is 0.163 e. The van der Waals surface area contributed by atoms with Gasteiger partial charge in [-0.25, -0.2) is 4.98 Å². The maximum absolute atomic E-state index is 5.58. The first-order chi connectivity index (χ1) is 14.3. The van der Waals surface area contributed by atoms with Crippen LogP contribution in [-0.4, -0.2) is 27.7 Å².